The maximum absolute atomic E-state index is 12.7. The van der Waals surface area contributed by atoms with Crippen LogP contribution in [0.2, 0.25) is 0 Å². The van der Waals surface area contributed by atoms with Gasteiger partial charge < -0.3 is 19.4 Å². The Kier molecular flexibility index (Phi) is 6.32. The van der Waals surface area contributed by atoms with E-state index >= 15 is 0 Å². The van der Waals surface area contributed by atoms with Crippen LogP contribution in [0.25, 0.3) is 5.69 Å². The van der Waals surface area contributed by atoms with Gasteiger partial charge in [-0.2, -0.15) is 0 Å². The van der Waals surface area contributed by atoms with E-state index in [1.165, 1.54) is 0 Å². The molecule has 1 amide bonds. The molecule has 6 nitrogen and oxygen atoms in total. The molecule has 6 heteroatoms. The molecule has 146 valence electrons. The number of ether oxygens (including phenoxy) is 2. The predicted molar refractivity (Wildman–Crippen MR) is 108 cm³/mol. The standard InChI is InChI=1S/C22H25N3O3/c1-4-27-20-11-8-18(14-21(20)28-5-2)22(26)24-16(3)17-6-9-19(10-7-17)25-13-12-23-15-25/h6-16H,4-5H2,1-3H3,(H,24,26). The zero-order valence-corrected chi connectivity index (χ0v) is 16.4. The number of nitrogens with one attached hydrogen (secondary N) is 1. The van der Waals surface area contributed by atoms with Crippen molar-refractivity contribution >= 4 is 5.91 Å². The van der Waals surface area contributed by atoms with Crippen molar-refractivity contribution in [2.75, 3.05) is 13.2 Å². The topological polar surface area (TPSA) is 65.4 Å². The summed E-state index contributed by atoms with van der Waals surface area (Å²) in [6.45, 7) is 6.82. The zero-order valence-electron chi connectivity index (χ0n) is 16.4. The number of benzene rings is 2. The van der Waals surface area contributed by atoms with Crippen LogP contribution in [0.1, 0.15) is 42.7 Å². The number of carbonyl (C=O) groups excluding carboxylic acids is 1. The smallest absolute Gasteiger partial charge is 0.251 e. The third-order valence-electron chi connectivity index (χ3n) is 4.35. The van der Waals surface area contributed by atoms with Crippen LogP contribution in [-0.2, 0) is 0 Å². The number of nitrogens with zero attached hydrogens (tertiary/aromatic N) is 2. The molecule has 0 aliphatic carbocycles. The second-order valence-electron chi connectivity index (χ2n) is 6.28. The molecule has 0 spiro atoms. The number of imidazole rings is 1. The Hall–Kier alpha value is -3.28. The number of amides is 1. The highest BCUT2D eigenvalue weighted by molar-refractivity contribution is 5.95. The van der Waals surface area contributed by atoms with E-state index in [2.05, 4.69) is 10.3 Å². The van der Waals surface area contributed by atoms with Gasteiger partial charge in [-0.1, -0.05) is 12.1 Å². The molecule has 3 aromatic rings. The highest BCUT2D eigenvalue weighted by Crippen LogP contribution is 2.29. The van der Waals surface area contributed by atoms with Gasteiger partial charge >= 0.3 is 0 Å². The average Bonchev–Trinajstić information content (AvgIpc) is 3.24. The quantitative estimate of drug-likeness (QED) is 0.638. The van der Waals surface area contributed by atoms with Gasteiger partial charge in [0.25, 0.3) is 5.91 Å². The fraction of sp³-hybridized carbons (Fsp3) is 0.273. The summed E-state index contributed by atoms with van der Waals surface area (Å²) < 4.78 is 13.1. The molecule has 3 rings (SSSR count). The molecule has 0 saturated heterocycles. The zero-order chi connectivity index (χ0) is 19.9. The first-order chi connectivity index (χ1) is 13.6. The summed E-state index contributed by atoms with van der Waals surface area (Å²) >= 11 is 0. The van der Waals surface area contributed by atoms with Crippen molar-refractivity contribution in [1.29, 1.82) is 0 Å². The Morgan fingerprint density at radius 2 is 1.79 bits per heavy atom. The van der Waals surface area contributed by atoms with Gasteiger partial charge in [0.05, 0.1) is 25.6 Å². The van der Waals surface area contributed by atoms with Gasteiger partial charge in [0, 0.05) is 23.6 Å². The molecule has 0 bridgehead atoms. The van der Waals surface area contributed by atoms with Crippen LogP contribution in [0, 0.1) is 0 Å². The van der Waals surface area contributed by atoms with Crippen LogP contribution in [0.3, 0.4) is 0 Å². The van der Waals surface area contributed by atoms with E-state index < -0.39 is 0 Å². The summed E-state index contributed by atoms with van der Waals surface area (Å²) in [7, 11) is 0. The lowest BCUT2D eigenvalue weighted by Gasteiger charge is -2.16. The van der Waals surface area contributed by atoms with Crippen LogP contribution < -0.4 is 14.8 Å². The molecule has 0 fully saturated rings. The first kappa shape index (κ1) is 19.5. The summed E-state index contributed by atoms with van der Waals surface area (Å²) in [5, 5.41) is 3.03. The van der Waals surface area contributed by atoms with Crippen molar-refractivity contribution in [2.24, 2.45) is 0 Å². The number of carbonyl (C=O) groups is 1. The Morgan fingerprint density at radius 3 is 2.43 bits per heavy atom. The fourth-order valence-corrected chi connectivity index (χ4v) is 2.90. The van der Waals surface area contributed by atoms with E-state index in [4.69, 9.17) is 9.47 Å². The van der Waals surface area contributed by atoms with Crippen LogP contribution >= 0.6 is 0 Å². The van der Waals surface area contributed by atoms with Gasteiger partial charge in [-0.25, -0.2) is 4.98 Å². The molecule has 1 atom stereocenters. The minimum absolute atomic E-state index is 0.133. The predicted octanol–water partition coefficient (Wildman–Crippen LogP) is 4.16. The van der Waals surface area contributed by atoms with Crippen molar-refractivity contribution in [2.45, 2.75) is 26.8 Å². The number of rotatable bonds is 8. The van der Waals surface area contributed by atoms with E-state index in [-0.39, 0.29) is 11.9 Å². The van der Waals surface area contributed by atoms with Crippen molar-refractivity contribution in [1.82, 2.24) is 14.9 Å². The van der Waals surface area contributed by atoms with Gasteiger partial charge in [-0.05, 0) is 56.7 Å². The van der Waals surface area contributed by atoms with Gasteiger partial charge in [0.2, 0.25) is 0 Å². The number of hydrogen-bond acceptors (Lipinski definition) is 4. The van der Waals surface area contributed by atoms with Gasteiger partial charge in [0.1, 0.15) is 0 Å². The monoisotopic (exact) mass is 379 g/mol. The second kappa shape index (κ2) is 9.08. The van der Waals surface area contributed by atoms with E-state index in [9.17, 15) is 4.79 Å². The maximum Gasteiger partial charge on any atom is 0.251 e. The average molecular weight is 379 g/mol. The molecule has 28 heavy (non-hydrogen) atoms. The third kappa shape index (κ3) is 4.52. The summed E-state index contributed by atoms with van der Waals surface area (Å²) in [6.07, 6.45) is 5.38. The molecule has 0 aliphatic rings. The Morgan fingerprint density at radius 1 is 1.07 bits per heavy atom. The lowest BCUT2D eigenvalue weighted by atomic mass is 10.1. The van der Waals surface area contributed by atoms with E-state index in [1.807, 2.05) is 55.8 Å². The fourth-order valence-electron chi connectivity index (χ4n) is 2.90. The van der Waals surface area contributed by atoms with Gasteiger partial charge in [0.15, 0.2) is 11.5 Å². The van der Waals surface area contributed by atoms with Gasteiger partial charge in [-0.15, -0.1) is 0 Å². The first-order valence-corrected chi connectivity index (χ1v) is 9.41. The molecule has 1 aromatic heterocycles. The highest BCUT2D eigenvalue weighted by atomic mass is 16.5. The van der Waals surface area contributed by atoms with Crippen LogP contribution in [0.15, 0.2) is 61.2 Å². The molecule has 2 aromatic carbocycles. The van der Waals surface area contributed by atoms with Crippen molar-refractivity contribution in [3.63, 3.8) is 0 Å². The molecule has 1 N–H and O–H groups in total. The van der Waals surface area contributed by atoms with Crippen LogP contribution in [0.5, 0.6) is 11.5 Å². The second-order valence-corrected chi connectivity index (χ2v) is 6.28. The van der Waals surface area contributed by atoms with E-state index in [0.717, 1.165) is 11.3 Å². The normalized spacial score (nSPS) is 11.7. The molecule has 0 aliphatic heterocycles. The SMILES string of the molecule is CCOc1ccc(C(=O)NC(C)c2ccc(-n3ccnc3)cc2)cc1OCC. The van der Waals surface area contributed by atoms with Crippen molar-refractivity contribution in [3.05, 3.63) is 72.3 Å². The highest BCUT2D eigenvalue weighted by Gasteiger charge is 2.15. The summed E-state index contributed by atoms with van der Waals surface area (Å²) in [5.74, 6) is 1.06. The molecular formula is C22H25N3O3. The molecule has 0 saturated carbocycles. The largest absolute Gasteiger partial charge is 0.490 e. The van der Waals surface area contributed by atoms with E-state index in [1.54, 1.807) is 30.7 Å². The van der Waals surface area contributed by atoms with Crippen LogP contribution in [0.4, 0.5) is 0 Å². The summed E-state index contributed by atoms with van der Waals surface area (Å²) in [6, 6.07) is 13.1. The Balaban J connectivity index is 1.70. The Labute approximate surface area is 165 Å². The third-order valence-corrected chi connectivity index (χ3v) is 4.35. The molecule has 0 radical (unpaired) electrons. The lowest BCUT2D eigenvalue weighted by molar-refractivity contribution is 0.0939. The lowest BCUT2D eigenvalue weighted by Crippen LogP contribution is -2.26. The number of hydrogen-bond donors (Lipinski definition) is 1. The molecular weight excluding hydrogens is 354 g/mol. The van der Waals surface area contributed by atoms with E-state index in [0.29, 0.717) is 30.3 Å². The van der Waals surface area contributed by atoms with Crippen LogP contribution in [-0.4, -0.2) is 28.7 Å². The maximum atomic E-state index is 12.7. The van der Waals surface area contributed by atoms with Crippen molar-refractivity contribution in [3.8, 4) is 17.2 Å². The van der Waals surface area contributed by atoms with Crippen molar-refractivity contribution < 1.29 is 14.3 Å². The summed E-state index contributed by atoms with van der Waals surface area (Å²) in [4.78, 5) is 16.7. The van der Waals surface area contributed by atoms with Gasteiger partial charge in [-0.3, -0.25) is 4.79 Å². The molecule has 1 unspecified atom stereocenters. The minimum atomic E-state index is -0.157. The number of aromatic nitrogens is 2. The first-order valence-electron chi connectivity index (χ1n) is 9.41. The summed E-state index contributed by atoms with van der Waals surface area (Å²) in [5.41, 5.74) is 2.58. The molecule has 1 heterocycles. The minimum Gasteiger partial charge on any atom is -0.490 e. The Bertz CT molecular complexity index is 905.